The predicted molar refractivity (Wildman–Crippen MR) is 142 cm³/mol. The Balaban J connectivity index is 1.22. The van der Waals surface area contributed by atoms with Gasteiger partial charge in [0.1, 0.15) is 5.82 Å². The van der Waals surface area contributed by atoms with Crippen LogP contribution in [0.15, 0.2) is 83.7 Å². The molecular formula is C30H26ClN3O3. The largest absolute Gasteiger partial charge is 0.378 e. The minimum Gasteiger partial charge on any atom is -0.378 e. The SMILES string of the molecule is O=C(C(O)c1cccc(-c2ccc(Cl)cc2)c1)N1CCc2nc(C3(c4ccccc4)CC3)[nH]c(=O)c2C1. The lowest BCUT2D eigenvalue weighted by atomic mass is 9.94. The Bertz CT molecular complexity index is 1530. The molecule has 1 unspecified atom stereocenters. The van der Waals surface area contributed by atoms with Gasteiger partial charge in [-0.3, -0.25) is 9.59 Å². The second-order valence-electron chi connectivity index (χ2n) is 9.83. The first-order valence-electron chi connectivity index (χ1n) is 12.5. The van der Waals surface area contributed by atoms with Gasteiger partial charge in [-0.2, -0.15) is 0 Å². The van der Waals surface area contributed by atoms with Gasteiger partial charge in [-0.25, -0.2) is 4.98 Å². The lowest BCUT2D eigenvalue weighted by molar-refractivity contribution is -0.141. The van der Waals surface area contributed by atoms with Crippen molar-refractivity contribution in [3.8, 4) is 11.1 Å². The number of halogens is 1. The van der Waals surface area contributed by atoms with E-state index in [0.717, 1.165) is 35.2 Å². The number of aromatic nitrogens is 2. The summed E-state index contributed by atoms with van der Waals surface area (Å²) in [7, 11) is 0. The van der Waals surface area contributed by atoms with Crippen LogP contribution in [0.5, 0.6) is 0 Å². The first-order valence-corrected chi connectivity index (χ1v) is 12.8. The molecule has 1 amide bonds. The molecule has 6 nitrogen and oxygen atoms in total. The summed E-state index contributed by atoms with van der Waals surface area (Å²) in [5.74, 6) is 0.284. The Hall–Kier alpha value is -3.74. The summed E-state index contributed by atoms with van der Waals surface area (Å²) in [4.78, 5) is 35.8. The van der Waals surface area contributed by atoms with E-state index >= 15 is 0 Å². The summed E-state index contributed by atoms with van der Waals surface area (Å²) in [5, 5.41) is 11.6. The second kappa shape index (κ2) is 9.29. The molecule has 1 fully saturated rings. The number of hydrogen-bond donors (Lipinski definition) is 2. The van der Waals surface area contributed by atoms with Crippen molar-refractivity contribution >= 4 is 17.5 Å². The lowest BCUT2D eigenvalue weighted by Crippen LogP contribution is -2.42. The number of fused-ring (bicyclic) bond motifs is 1. The Morgan fingerprint density at radius 3 is 2.49 bits per heavy atom. The molecule has 1 aliphatic carbocycles. The maximum atomic E-state index is 13.3. The van der Waals surface area contributed by atoms with E-state index < -0.39 is 12.0 Å². The smallest absolute Gasteiger partial charge is 0.256 e. The summed E-state index contributed by atoms with van der Waals surface area (Å²) >= 11 is 6.00. The fourth-order valence-electron chi connectivity index (χ4n) is 5.23. The third-order valence-electron chi connectivity index (χ3n) is 7.52. The topological polar surface area (TPSA) is 86.3 Å². The average molecular weight is 512 g/mol. The van der Waals surface area contributed by atoms with Crippen molar-refractivity contribution in [3.05, 3.63) is 122 Å². The molecule has 2 heterocycles. The van der Waals surface area contributed by atoms with Crippen molar-refractivity contribution in [2.45, 2.75) is 37.3 Å². The molecular weight excluding hydrogens is 486 g/mol. The molecule has 0 radical (unpaired) electrons. The monoisotopic (exact) mass is 511 g/mol. The van der Waals surface area contributed by atoms with Crippen molar-refractivity contribution < 1.29 is 9.90 Å². The molecule has 1 aliphatic heterocycles. The van der Waals surface area contributed by atoms with Gasteiger partial charge in [-0.15, -0.1) is 0 Å². The van der Waals surface area contributed by atoms with Crippen LogP contribution in [0.4, 0.5) is 0 Å². The van der Waals surface area contributed by atoms with Crippen LogP contribution in [0.25, 0.3) is 11.1 Å². The van der Waals surface area contributed by atoms with Gasteiger partial charge in [0.15, 0.2) is 6.10 Å². The summed E-state index contributed by atoms with van der Waals surface area (Å²) in [5.41, 5.74) is 4.28. The third-order valence-corrected chi connectivity index (χ3v) is 7.78. The lowest BCUT2D eigenvalue weighted by Gasteiger charge is -2.30. The molecule has 0 spiro atoms. The number of benzene rings is 3. The van der Waals surface area contributed by atoms with Crippen LogP contribution in [-0.4, -0.2) is 32.4 Å². The fraction of sp³-hybridized carbons (Fsp3) is 0.233. The first kappa shape index (κ1) is 23.6. The number of hydrogen-bond acceptors (Lipinski definition) is 4. The van der Waals surface area contributed by atoms with Gasteiger partial charge < -0.3 is 15.0 Å². The number of amides is 1. The van der Waals surface area contributed by atoms with Crippen molar-refractivity contribution in [3.63, 3.8) is 0 Å². The number of H-pyrrole nitrogens is 1. The highest BCUT2D eigenvalue weighted by molar-refractivity contribution is 6.30. The van der Waals surface area contributed by atoms with E-state index in [0.29, 0.717) is 34.9 Å². The molecule has 2 N–H and O–H groups in total. The number of nitrogens with zero attached hydrogens (tertiary/aromatic N) is 2. The van der Waals surface area contributed by atoms with Crippen LogP contribution >= 0.6 is 11.6 Å². The average Bonchev–Trinajstić information content (AvgIpc) is 3.75. The van der Waals surface area contributed by atoms with Gasteiger partial charge in [0.05, 0.1) is 23.2 Å². The van der Waals surface area contributed by atoms with Crippen LogP contribution in [0.3, 0.4) is 0 Å². The summed E-state index contributed by atoms with van der Waals surface area (Å²) < 4.78 is 0. The van der Waals surface area contributed by atoms with Crippen LogP contribution in [0.2, 0.25) is 5.02 Å². The predicted octanol–water partition coefficient (Wildman–Crippen LogP) is 4.79. The number of aliphatic hydroxyl groups excluding tert-OH is 1. The van der Waals surface area contributed by atoms with Crippen molar-refractivity contribution in [2.75, 3.05) is 6.54 Å². The molecule has 2 aliphatic rings. The van der Waals surface area contributed by atoms with Gasteiger partial charge in [0.2, 0.25) is 0 Å². The van der Waals surface area contributed by atoms with Crippen molar-refractivity contribution in [1.29, 1.82) is 0 Å². The quantitative estimate of drug-likeness (QED) is 0.403. The van der Waals surface area contributed by atoms with Gasteiger partial charge in [0, 0.05) is 18.0 Å². The van der Waals surface area contributed by atoms with Gasteiger partial charge in [-0.05, 0) is 53.3 Å². The standard InChI is InChI=1S/C30H26ClN3O3/c31-23-11-9-19(10-12-23)20-5-4-6-21(17-20)26(35)28(37)34-16-13-25-24(18-34)27(36)33-29(32-25)30(14-15-30)22-7-2-1-3-8-22/h1-12,17,26,35H,13-16,18H2,(H,32,33,36). The molecule has 186 valence electrons. The molecule has 3 aromatic carbocycles. The highest BCUT2D eigenvalue weighted by Gasteiger charge is 2.48. The van der Waals surface area contributed by atoms with Crippen LogP contribution in [0.1, 0.15) is 47.2 Å². The molecule has 0 bridgehead atoms. The Morgan fingerprint density at radius 1 is 1.00 bits per heavy atom. The fourth-order valence-corrected chi connectivity index (χ4v) is 5.36. The van der Waals surface area contributed by atoms with E-state index in [1.165, 1.54) is 0 Å². The Kier molecular flexibility index (Phi) is 5.94. The van der Waals surface area contributed by atoms with E-state index in [-0.39, 0.29) is 17.5 Å². The zero-order valence-corrected chi connectivity index (χ0v) is 20.9. The van der Waals surface area contributed by atoms with Crippen LogP contribution in [-0.2, 0) is 23.2 Å². The molecule has 1 saturated carbocycles. The number of rotatable bonds is 5. The van der Waals surface area contributed by atoms with E-state index in [2.05, 4.69) is 17.1 Å². The summed E-state index contributed by atoms with van der Waals surface area (Å²) in [6, 6.07) is 24.8. The maximum absolute atomic E-state index is 13.3. The minimum absolute atomic E-state index is 0.128. The van der Waals surface area contributed by atoms with E-state index in [1.807, 2.05) is 48.5 Å². The van der Waals surface area contributed by atoms with Crippen molar-refractivity contribution in [1.82, 2.24) is 14.9 Å². The molecule has 4 aromatic rings. The van der Waals surface area contributed by atoms with Gasteiger partial charge >= 0.3 is 0 Å². The van der Waals surface area contributed by atoms with Crippen LogP contribution in [0, 0.1) is 0 Å². The molecule has 1 aromatic heterocycles. The van der Waals surface area contributed by atoms with E-state index in [4.69, 9.17) is 16.6 Å². The van der Waals surface area contributed by atoms with Gasteiger partial charge in [-0.1, -0.05) is 72.3 Å². The zero-order chi connectivity index (χ0) is 25.6. The molecule has 37 heavy (non-hydrogen) atoms. The number of aliphatic hydroxyl groups is 1. The Morgan fingerprint density at radius 2 is 1.76 bits per heavy atom. The number of nitrogens with one attached hydrogen (secondary N) is 1. The number of aromatic amines is 1. The number of carbonyl (C=O) groups excluding carboxylic acids is 1. The minimum atomic E-state index is -1.33. The summed E-state index contributed by atoms with van der Waals surface area (Å²) in [6.45, 7) is 0.525. The van der Waals surface area contributed by atoms with E-state index in [1.54, 1.807) is 23.1 Å². The maximum Gasteiger partial charge on any atom is 0.256 e. The molecule has 7 heteroatoms. The van der Waals surface area contributed by atoms with Gasteiger partial charge in [0.25, 0.3) is 11.5 Å². The summed E-state index contributed by atoms with van der Waals surface area (Å²) in [6.07, 6.45) is 1.04. The number of carbonyl (C=O) groups is 1. The first-order chi connectivity index (χ1) is 17.9. The second-order valence-corrected chi connectivity index (χ2v) is 10.3. The zero-order valence-electron chi connectivity index (χ0n) is 20.2. The molecule has 0 saturated heterocycles. The molecule has 1 atom stereocenters. The van der Waals surface area contributed by atoms with E-state index in [9.17, 15) is 14.7 Å². The van der Waals surface area contributed by atoms with Crippen LogP contribution < -0.4 is 5.56 Å². The highest BCUT2D eigenvalue weighted by Crippen LogP contribution is 2.51. The van der Waals surface area contributed by atoms with Crippen molar-refractivity contribution in [2.24, 2.45) is 0 Å². The Labute approximate surface area is 219 Å². The third kappa shape index (κ3) is 4.37. The molecule has 6 rings (SSSR count). The normalized spacial score (nSPS) is 16.6. The highest BCUT2D eigenvalue weighted by atomic mass is 35.5.